The van der Waals surface area contributed by atoms with Crippen LogP contribution in [0.25, 0.3) is 0 Å². The predicted octanol–water partition coefficient (Wildman–Crippen LogP) is 2.47. The normalized spacial score (nSPS) is 18.7. The fourth-order valence-electron chi connectivity index (χ4n) is 3.82. The molecule has 3 rings (SSSR count). The molecule has 2 aromatic rings. The third kappa shape index (κ3) is 3.80. The van der Waals surface area contributed by atoms with Gasteiger partial charge < -0.3 is 4.74 Å². The molecular formula is C19H27N3O5S2. The van der Waals surface area contributed by atoms with E-state index in [-0.39, 0.29) is 27.1 Å². The summed E-state index contributed by atoms with van der Waals surface area (Å²) in [7, 11) is -6.37. The number of piperidine rings is 1. The molecule has 1 aromatic heterocycles. The van der Waals surface area contributed by atoms with Crippen LogP contribution >= 0.6 is 0 Å². The molecule has 1 aliphatic heterocycles. The Kier molecular flexibility index (Phi) is 5.81. The third-order valence-corrected chi connectivity index (χ3v) is 9.07. The second-order valence-corrected chi connectivity index (χ2v) is 11.2. The minimum absolute atomic E-state index is 0.0249. The minimum atomic E-state index is -4.05. The first-order valence-electron chi connectivity index (χ1n) is 9.46. The number of ether oxygens (including phenoxy) is 1. The van der Waals surface area contributed by atoms with Gasteiger partial charge in [-0.25, -0.2) is 8.42 Å². The number of aryl methyl sites for hydroxylation is 2. The maximum Gasteiger partial charge on any atom is 0.283 e. The molecule has 0 unspecified atom stereocenters. The van der Waals surface area contributed by atoms with Gasteiger partial charge in [0.25, 0.3) is 10.0 Å². The number of benzene rings is 1. The number of methoxy groups -OCH3 is 1. The molecule has 0 bridgehead atoms. The first-order valence-corrected chi connectivity index (χ1v) is 12.3. The number of hydrogen-bond donors (Lipinski definition) is 0. The van der Waals surface area contributed by atoms with Crippen molar-refractivity contribution in [1.29, 1.82) is 0 Å². The van der Waals surface area contributed by atoms with Gasteiger partial charge in [-0.2, -0.15) is 21.9 Å². The Morgan fingerprint density at radius 3 is 2.38 bits per heavy atom. The van der Waals surface area contributed by atoms with E-state index < -0.39 is 20.0 Å². The highest BCUT2D eigenvalue weighted by Crippen LogP contribution is 2.30. The molecule has 0 saturated carbocycles. The van der Waals surface area contributed by atoms with E-state index in [1.54, 1.807) is 13.0 Å². The Morgan fingerprint density at radius 1 is 1.10 bits per heavy atom. The number of aromatic nitrogens is 2. The van der Waals surface area contributed by atoms with Crippen molar-refractivity contribution < 1.29 is 21.6 Å². The summed E-state index contributed by atoms with van der Waals surface area (Å²) in [5, 5.41) is 4.10. The van der Waals surface area contributed by atoms with Gasteiger partial charge in [0.05, 0.1) is 23.4 Å². The lowest BCUT2D eigenvalue weighted by atomic mass is 10.0. The van der Waals surface area contributed by atoms with Crippen LogP contribution in [0.2, 0.25) is 0 Å². The van der Waals surface area contributed by atoms with Gasteiger partial charge in [-0.05, 0) is 63.3 Å². The van der Waals surface area contributed by atoms with Crippen molar-refractivity contribution in [2.75, 3.05) is 20.2 Å². The van der Waals surface area contributed by atoms with Gasteiger partial charge in [-0.1, -0.05) is 6.92 Å². The average Bonchev–Trinajstić information content (AvgIpc) is 2.97. The van der Waals surface area contributed by atoms with Crippen molar-refractivity contribution in [3.8, 4) is 5.75 Å². The molecule has 0 amide bonds. The summed E-state index contributed by atoms with van der Waals surface area (Å²) in [6.45, 7) is 7.62. The van der Waals surface area contributed by atoms with Crippen LogP contribution in [0.1, 0.15) is 36.7 Å². The fourth-order valence-corrected chi connectivity index (χ4v) is 7.27. The summed E-state index contributed by atoms with van der Waals surface area (Å²) in [5.74, 6) is 0.833. The van der Waals surface area contributed by atoms with Crippen molar-refractivity contribution in [2.24, 2.45) is 5.92 Å². The van der Waals surface area contributed by atoms with E-state index in [0.29, 0.717) is 24.4 Å². The lowest BCUT2D eigenvalue weighted by Gasteiger charge is -2.30. The SMILES string of the molecule is COc1ccc(S(=O)(=O)n2nc(C)c(S(=O)(=O)N3CCC[C@@H](C)C3)c2C)cc1C. The average molecular weight is 442 g/mol. The Balaban J connectivity index is 2.08. The van der Waals surface area contributed by atoms with Gasteiger partial charge in [0.15, 0.2) is 0 Å². The molecule has 0 aliphatic carbocycles. The molecule has 1 fully saturated rings. The van der Waals surface area contributed by atoms with Crippen LogP contribution in [0.5, 0.6) is 5.75 Å². The molecule has 8 nitrogen and oxygen atoms in total. The van der Waals surface area contributed by atoms with Gasteiger partial charge in [0.2, 0.25) is 10.0 Å². The van der Waals surface area contributed by atoms with Gasteiger partial charge >= 0.3 is 0 Å². The van der Waals surface area contributed by atoms with E-state index in [1.807, 2.05) is 6.92 Å². The van der Waals surface area contributed by atoms with Gasteiger partial charge in [0, 0.05) is 13.1 Å². The number of nitrogens with zero attached hydrogens (tertiary/aromatic N) is 3. The van der Waals surface area contributed by atoms with Crippen molar-refractivity contribution in [2.45, 2.75) is 50.3 Å². The molecule has 0 spiro atoms. The highest BCUT2D eigenvalue weighted by atomic mass is 32.2. The van der Waals surface area contributed by atoms with Crippen LogP contribution in [0.15, 0.2) is 28.0 Å². The molecule has 1 saturated heterocycles. The topological polar surface area (TPSA) is 98.6 Å². The van der Waals surface area contributed by atoms with E-state index >= 15 is 0 Å². The van der Waals surface area contributed by atoms with Gasteiger partial charge in [-0.3, -0.25) is 0 Å². The first-order chi connectivity index (χ1) is 13.5. The van der Waals surface area contributed by atoms with Crippen LogP contribution in [0, 0.1) is 26.7 Å². The van der Waals surface area contributed by atoms with Crippen LogP contribution in [-0.4, -0.2) is 50.5 Å². The largest absolute Gasteiger partial charge is 0.496 e. The molecule has 10 heteroatoms. The maximum atomic E-state index is 13.3. The molecule has 160 valence electrons. The van der Waals surface area contributed by atoms with E-state index in [1.165, 1.54) is 37.4 Å². The van der Waals surface area contributed by atoms with E-state index in [2.05, 4.69) is 5.10 Å². The van der Waals surface area contributed by atoms with Gasteiger partial charge in [0.1, 0.15) is 10.6 Å². The van der Waals surface area contributed by atoms with Crippen LogP contribution in [-0.2, 0) is 20.0 Å². The Morgan fingerprint density at radius 2 is 1.79 bits per heavy atom. The molecular weight excluding hydrogens is 414 g/mol. The zero-order chi connectivity index (χ0) is 21.6. The summed E-state index contributed by atoms with van der Waals surface area (Å²) in [5.41, 5.74) is 0.925. The molecule has 29 heavy (non-hydrogen) atoms. The number of sulfonamides is 1. The van der Waals surface area contributed by atoms with Crippen LogP contribution in [0.3, 0.4) is 0 Å². The predicted molar refractivity (Wildman–Crippen MR) is 109 cm³/mol. The van der Waals surface area contributed by atoms with Gasteiger partial charge in [-0.15, -0.1) is 0 Å². The molecule has 1 aromatic carbocycles. The van der Waals surface area contributed by atoms with E-state index in [4.69, 9.17) is 4.74 Å². The molecule has 2 heterocycles. The van der Waals surface area contributed by atoms with Crippen molar-refractivity contribution in [3.05, 3.63) is 35.2 Å². The third-order valence-electron chi connectivity index (χ3n) is 5.29. The highest BCUT2D eigenvalue weighted by Gasteiger charge is 2.35. The lowest BCUT2D eigenvalue weighted by molar-refractivity contribution is 0.281. The Labute approximate surface area is 172 Å². The Bertz CT molecular complexity index is 1140. The molecule has 1 aliphatic rings. The maximum absolute atomic E-state index is 13.3. The standard InChI is InChI=1S/C19H27N3O5S2/c1-13-7-6-10-21(12-13)29(25,26)19-15(3)20-22(16(19)4)28(23,24)17-8-9-18(27-5)14(2)11-17/h8-9,11,13H,6-7,10,12H2,1-5H3/t13-/m1/s1. The van der Waals surface area contributed by atoms with Crippen molar-refractivity contribution in [3.63, 3.8) is 0 Å². The Hall–Kier alpha value is -1.91. The lowest BCUT2D eigenvalue weighted by Crippen LogP contribution is -2.39. The molecule has 0 N–H and O–H groups in total. The van der Waals surface area contributed by atoms with Crippen LogP contribution < -0.4 is 4.74 Å². The summed E-state index contributed by atoms with van der Waals surface area (Å²) in [6.07, 6.45) is 1.77. The number of hydrogen-bond acceptors (Lipinski definition) is 6. The fraction of sp³-hybridized carbons (Fsp3) is 0.526. The summed E-state index contributed by atoms with van der Waals surface area (Å²) in [4.78, 5) is -0.00245. The van der Waals surface area contributed by atoms with Crippen molar-refractivity contribution >= 4 is 20.0 Å². The molecule has 1 atom stereocenters. The quantitative estimate of drug-likeness (QED) is 0.707. The summed E-state index contributed by atoms with van der Waals surface area (Å²) < 4.78 is 60.3. The van der Waals surface area contributed by atoms with Crippen molar-refractivity contribution in [1.82, 2.24) is 13.5 Å². The first kappa shape index (κ1) is 21.8. The molecule has 0 radical (unpaired) electrons. The monoisotopic (exact) mass is 441 g/mol. The van der Waals surface area contributed by atoms with E-state index in [9.17, 15) is 16.8 Å². The van der Waals surface area contributed by atoms with Crippen LogP contribution in [0.4, 0.5) is 0 Å². The smallest absolute Gasteiger partial charge is 0.283 e. The summed E-state index contributed by atoms with van der Waals surface area (Å²) >= 11 is 0. The summed E-state index contributed by atoms with van der Waals surface area (Å²) in [6, 6.07) is 4.49. The zero-order valence-corrected chi connectivity index (χ0v) is 19.0. The number of rotatable bonds is 5. The van der Waals surface area contributed by atoms with E-state index in [0.717, 1.165) is 16.9 Å². The second kappa shape index (κ2) is 7.73. The minimum Gasteiger partial charge on any atom is -0.496 e. The second-order valence-electron chi connectivity index (χ2n) is 7.59. The zero-order valence-electron chi connectivity index (χ0n) is 17.3. The highest BCUT2D eigenvalue weighted by molar-refractivity contribution is 7.90.